The van der Waals surface area contributed by atoms with E-state index in [4.69, 9.17) is 4.74 Å². The molecule has 0 saturated heterocycles. The minimum atomic E-state index is -3.82. The van der Waals surface area contributed by atoms with Crippen LogP contribution >= 0.6 is 0 Å². The molecule has 0 radical (unpaired) electrons. The van der Waals surface area contributed by atoms with Crippen LogP contribution in [0.5, 0.6) is 0 Å². The Balaban J connectivity index is 1.75. The van der Waals surface area contributed by atoms with Crippen molar-refractivity contribution in [3.8, 4) is 0 Å². The summed E-state index contributed by atoms with van der Waals surface area (Å²) in [4.78, 5) is 10.2. The zero-order valence-corrected chi connectivity index (χ0v) is 14.5. The van der Waals surface area contributed by atoms with Crippen LogP contribution < -0.4 is 0 Å². The number of non-ortho nitro benzene ring substituents is 1. The first-order valence-corrected chi connectivity index (χ1v) is 9.21. The van der Waals surface area contributed by atoms with Crippen molar-refractivity contribution in [2.45, 2.75) is 24.0 Å². The zero-order valence-electron chi connectivity index (χ0n) is 13.7. The Kier molecular flexibility index (Phi) is 4.85. The van der Waals surface area contributed by atoms with Crippen LogP contribution in [0.25, 0.3) is 0 Å². The smallest absolute Gasteiger partial charge is 0.270 e. The van der Waals surface area contributed by atoms with Crippen LogP contribution in [0.15, 0.2) is 53.4 Å². The van der Waals surface area contributed by atoms with E-state index < -0.39 is 14.9 Å². The van der Waals surface area contributed by atoms with Crippen molar-refractivity contribution < 1.29 is 18.1 Å². The zero-order chi connectivity index (χ0) is 18.0. The van der Waals surface area contributed by atoms with E-state index in [0.717, 1.165) is 17.2 Å². The van der Waals surface area contributed by atoms with E-state index in [1.165, 1.54) is 29.6 Å². The number of nitrogens with zero attached hydrogens (tertiary/aromatic N) is 2. The van der Waals surface area contributed by atoms with Gasteiger partial charge in [0.25, 0.3) is 5.69 Å². The molecule has 7 nitrogen and oxygen atoms in total. The largest absolute Gasteiger partial charge is 0.372 e. The molecule has 0 amide bonds. The van der Waals surface area contributed by atoms with Crippen molar-refractivity contribution in [2.24, 2.45) is 0 Å². The molecular formula is C17H18N2O5S. The molecule has 0 bridgehead atoms. The summed E-state index contributed by atoms with van der Waals surface area (Å²) in [6.07, 6.45) is 0.374. The maximum absolute atomic E-state index is 12.7. The van der Waals surface area contributed by atoms with Crippen molar-refractivity contribution in [3.05, 3.63) is 69.8 Å². The van der Waals surface area contributed by atoms with Gasteiger partial charge in [-0.1, -0.05) is 30.3 Å². The molecule has 1 heterocycles. The Morgan fingerprint density at radius 1 is 1.20 bits per heavy atom. The summed E-state index contributed by atoms with van der Waals surface area (Å²) in [7, 11) is -2.37. The van der Waals surface area contributed by atoms with E-state index in [1.54, 1.807) is 0 Å². The third kappa shape index (κ3) is 3.71. The van der Waals surface area contributed by atoms with Crippen molar-refractivity contribution in [2.75, 3.05) is 13.6 Å². The van der Waals surface area contributed by atoms with E-state index >= 15 is 0 Å². The molecule has 25 heavy (non-hydrogen) atoms. The highest BCUT2D eigenvalue weighted by Gasteiger charge is 2.27. The summed E-state index contributed by atoms with van der Waals surface area (Å²) in [5.74, 6) is 0. The fraction of sp³-hybridized carbons (Fsp3) is 0.294. The Bertz CT molecular complexity index is 897. The molecule has 2 aromatic rings. The number of hydrogen-bond acceptors (Lipinski definition) is 5. The van der Waals surface area contributed by atoms with Gasteiger partial charge in [-0.25, -0.2) is 8.42 Å². The van der Waals surface area contributed by atoms with E-state index in [1.807, 2.05) is 24.3 Å². The van der Waals surface area contributed by atoms with Crippen LogP contribution in [-0.2, 0) is 27.8 Å². The third-order valence-corrected chi connectivity index (χ3v) is 6.06. The Morgan fingerprint density at radius 2 is 1.92 bits per heavy atom. The highest BCUT2D eigenvalue weighted by atomic mass is 32.2. The molecule has 132 valence electrons. The second kappa shape index (κ2) is 6.91. The lowest BCUT2D eigenvalue weighted by Crippen LogP contribution is -2.38. The minimum absolute atomic E-state index is 0.0968. The average molecular weight is 362 g/mol. The van der Waals surface area contributed by atoms with Gasteiger partial charge < -0.3 is 4.74 Å². The number of rotatable bonds is 5. The molecule has 1 aliphatic heterocycles. The van der Waals surface area contributed by atoms with Gasteiger partial charge >= 0.3 is 0 Å². The van der Waals surface area contributed by atoms with E-state index in [2.05, 4.69) is 0 Å². The predicted octanol–water partition coefficient (Wildman–Crippen LogP) is 2.36. The van der Waals surface area contributed by atoms with Gasteiger partial charge in [-0.3, -0.25) is 10.1 Å². The first kappa shape index (κ1) is 17.5. The molecule has 0 N–H and O–H groups in total. The highest BCUT2D eigenvalue weighted by molar-refractivity contribution is 7.89. The Hall–Kier alpha value is -2.29. The van der Waals surface area contributed by atoms with Crippen LogP contribution in [0.4, 0.5) is 5.69 Å². The first-order valence-electron chi connectivity index (χ1n) is 7.77. The van der Waals surface area contributed by atoms with Gasteiger partial charge in [-0.15, -0.1) is 0 Å². The number of benzene rings is 2. The summed E-state index contributed by atoms with van der Waals surface area (Å²) in [6.45, 7) is 0.630. The molecule has 8 heteroatoms. The van der Waals surface area contributed by atoms with Gasteiger partial charge in [-0.2, -0.15) is 4.31 Å². The van der Waals surface area contributed by atoms with Gasteiger partial charge in [-0.05, 0) is 17.2 Å². The van der Waals surface area contributed by atoms with Crippen molar-refractivity contribution in [1.29, 1.82) is 0 Å². The molecule has 1 aliphatic rings. The Labute approximate surface area is 146 Å². The number of ether oxygens (including phenoxy) is 1. The van der Waals surface area contributed by atoms with Crippen molar-refractivity contribution >= 4 is 15.7 Å². The van der Waals surface area contributed by atoms with Crippen LogP contribution in [-0.4, -0.2) is 37.3 Å². The summed E-state index contributed by atoms with van der Waals surface area (Å²) in [5, 5.41) is 10.9. The average Bonchev–Trinajstić information content (AvgIpc) is 2.61. The van der Waals surface area contributed by atoms with Crippen LogP contribution in [0.2, 0.25) is 0 Å². The van der Waals surface area contributed by atoms with Gasteiger partial charge in [0.05, 0.1) is 22.5 Å². The number of fused-ring (bicyclic) bond motifs is 1. The molecule has 0 aliphatic carbocycles. The van der Waals surface area contributed by atoms with Gasteiger partial charge in [0.2, 0.25) is 10.0 Å². The van der Waals surface area contributed by atoms with Gasteiger partial charge in [0.1, 0.15) is 0 Å². The molecule has 1 atom stereocenters. The topological polar surface area (TPSA) is 89.8 Å². The van der Waals surface area contributed by atoms with E-state index in [9.17, 15) is 18.5 Å². The quantitative estimate of drug-likeness (QED) is 0.602. The molecule has 1 unspecified atom stereocenters. The maximum Gasteiger partial charge on any atom is 0.270 e. The van der Waals surface area contributed by atoms with Gasteiger partial charge in [0.15, 0.2) is 0 Å². The highest BCUT2D eigenvalue weighted by Crippen LogP contribution is 2.24. The fourth-order valence-corrected chi connectivity index (χ4v) is 4.09. The second-order valence-electron chi connectivity index (χ2n) is 5.95. The predicted molar refractivity (Wildman–Crippen MR) is 91.6 cm³/mol. The van der Waals surface area contributed by atoms with E-state index in [-0.39, 0.29) is 23.2 Å². The number of hydrogen-bond donors (Lipinski definition) is 0. The molecule has 0 aromatic heterocycles. The summed E-state index contributed by atoms with van der Waals surface area (Å²) in [6, 6.07) is 13.0. The van der Waals surface area contributed by atoms with Crippen molar-refractivity contribution in [3.63, 3.8) is 0 Å². The molecular weight excluding hydrogens is 344 g/mol. The third-order valence-electron chi connectivity index (χ3n) is 4.24. The van der Waals surface area contributed by atoms with Gasteiger partial charge in [0, 0.05) is 32.1 Å². The lowest BCUT2D eigenvalue weighted by Gasteiger charge is -2.28. The molecule has 3 rings (SSSR count). The summed E-state index contributed by atoms with van der Waals surface area (Å²) >= 11 is 0. The standard InChI is InChI=1S/C17H18N2O5S/c1-18(11-16-9-13-5-2-3-6-14(13)12-24-16)25(22,23)17-8-4-7-15(10-17)19(20)21/h2-8,10,16H,9,11-12H2,1H3. The second-order valence-corrected chi connectivity index (χ2v) is 7.99. The number of sulfonamides is 1. The molecule has 0 saturated carbocycles. The number of nitro groups is 1. The molecule has 0 fully saturated rings. The monoisotopic (exact) mass is 362 g/mol. The first-order chi connectivity index (χ1) is 11.9. The SMILES string of the molecule is CN(CC1Cc2ccccc2CO1)S(=O)(=O)c1cccc([N+](=O)[O-])c1. The maximum atomic E-state index is 12.7. The van der Waals surface area contributed by atoms with Crippen LogP contribution in [0.1, 0.15) is 11.1 Å². The molecule has 2 aromatic carbocycles. The van der Waals surface area contributed by atoms with Crippen LogP contribution in [0.3, 0.4) is 0 Å². The number of nitro benzene ring substituents is 1. The normalized spacial score (nSPS) is 17.3. The van der Waals surface area contributed by atoms with E-state index in [0.29, 0.717) is 13.0 Å². The lowest BCUT2D eigenvalue weighted by atomic mass is 9.99. The Morgan fingerprint density at radius 3 is 2.64 bits per heavy atom. The lowest BCUT2D eigenvalue weighted by molar-refractivity contribution is -0.385. The summed E-state index contributed by atoms with van der Waals surface area (Å²) < 4.78 is 32.3. The fourth-order valence-electron chi connectivity index (χ4n) is 2.85. The molecule has 0 spiro atoms. The summed E-state index contributed by atoms with van der Waals surface area (Å²) in [5.41, 5.74) is 2.01. The number of likely N-dealkylation sites (N-methyl/N-ethyl adjacent to an activating group) is 1. The van der Waals surface area contributed by atoms with Crippen LogP contribution in [0, 0.1) is 10.1 Å². The van der Waals surface area contributed by atoms with Crippen molar-refractivity contribution in [1.82, 2.24) is 4.31 Å². The minimum Gasteiger partial charge on any atom is -0.372 e.